The predicted molar refractivity (Wildman–Crippen MR) is 355 cm³/mol. The highest BCUT2D eigenvalue weighted by molar-refractivity contribution is 6.97. The molecule has 0 aliphatic carbocycles. The number of carbonyl (C=O) groups is 5. The van der Waals surface area contributed by atoms with Gasteiger partial charge in [-0.05, 0) is 45.4 Å². The number of halogens is 3. The average Bonchev–Trinajstić information content (AvgIpc) is 0.841. The third kappa shape index (κ3) is 31.2. The molecule has 0 saturated carbocycles. The van der Waals surface area contributed by atoms with Gasteiger partial charge in [0.2, 0.25) is 17.2 Å². The number of azide groups is 1. The minimum absolute atomic E-state index is 0.0522. The summed E-state index contributed by atoms with van der Waals surface area (Å²) in [4.78, 5) is 68.7. The van der Waals surface area contributed by atoms with Crippen LogP contribution in [0.15, 0.2) is 10.1 Å². The lowest BCUT2D eigenvalue weighted by molar-refractivity contribution is -0.250. The first-order chi connectivity index (χ1) is 48.4. The molecule has 0 radical (unpaired) electrons. The van der Waals surface area contributed by atoms with E-state index in [0.29, 0.717) is 33.0 Å². The molecule has 0 aromatic carbocycles. The number of carboxylic acids is 1. The molecule has 5 fully saturated rings. The average molecular weight is 1530 g/mol. The van der Waals surface area contributed by atoms with Crippen LogP contribution in [-0.4, -0.2) is 380 Å². The van der Waals surface area contributed by atoms with Gasteiger partial charge in [-0.25, -0.2) is 9.79 Å². The Morgan fingerprint density at radius 2 is 0.604 bits per heavy atom. The summed E-state index contributed by atoms with van der Waals surface area (Å²) < 4.78 is 136. The Balaban J connectivity index is 0.00000121. The van der Waals surface area contributed by atoms with Crippen molar-refractivity contribution in [3.63, 3.8) is 0 Å². The Kier molecular flexibility index (Phi) is 54.2. The van der Waals surface area contributed by atoms with E-state index in [1.54, 1.807) is 107 Å². The summed E-state index contributed by atoms with van der Waals surface area (Å²) in [5, 5.41) is 9.23. The largest absolute Gasteiger partial charge is 0.481 e. The molecule has 0 spiro atoms. The van der Waals surface area contributed by atoms with Crippen molar-refractivity contribution in [2.24, 2.45) is 15.8 Å². The smallest absolute Gasteiger partial charge is 0.306 e. The number of aliphatic carboxylic acids is 1. The minimum atomic E-state index is -1.14. The van der Waals surface area contributed by atoms with Crippen LogP contribution in [-0.2, 0) is 147 Å². The van der Waals surface area contributed by atoms with Gasteiger partial charge in [-0.15, -0.1) is 0 Å². The van der Waals surface area contributed by atoms with Crippen LogP contribution < -0.4 is 5.73 Å². The summed E-state index contributed by atoms with van der Waals surface area (Å²) in [5.74, 6) is -1.57. The van der Waals surface area contributed by atoms with Crippen LogP contribution in [0.4, 0.5) is 0 Å². The van der Waals surface area contributed by atoms with Gasteiger partial charge >= 0.3 is 16.5 Å². The second-order valence-electron chi connectivity index (χ2n) is 22.0. The molecule has 1 amide bonds. The van der Waals surface area contributed by atoms with Crippen molar-refractivity contribution in [3.05, 3.63) is 10.4 Å². The Morgan fingerprint density at radius 1 is 0.376 bits per heavy atom. The monoisotopic (exact) mass is 1530 g/mol. The molecule has 0 aromatic rings. The first-order valence-corrected chi connectivity index (χ1v) is 32.3. The van der Waals surface area contributed by atoms with Crippen molar-refractivity contribution in [3.8, 4) is 0 Å². The SMILES string of the molecule is COCC1OC(CC(=O)Cl)C(OC)C(OC)C1OC.COCC1OC(CC(=O)N=[N+]=[N-])C(OC)C(OC)C1OC.COCC1OC(CC(=O)O)C(OC)C(OC)C1OC.COCC1OC(CN)C(OC)C(OC)C1OC.COCC1OC(CN=C=O)C(OC)C(OC)C1OC.O=C(Cl)C(=O)Cl. The lowest BCUT2D eigenvalue weighted by Crippen LogP contribution is -2.62. The van der Waals surface area contributed by atoms with Gasteiger partial charge in [-0.1, -0.05) is 0 Å². The molecule has 5 aliphatic heterocycles. The van der Waals surface area contributed by atoms with E-state index in [1.165, 1.54) is 41.6 Å². The molecule has 25 atom stereocenters. The number of rotatable bonds is 35. The number of methoxy groups -OCH3 is 20. The summed E-state index contributed by atoms with van der Waals surface area (Å²) in [6, 6.07) is 0. The Bertz CT molecular complexity index is 2240. The summed E-state index contributed by atoms with van der Waals surface area (Å²) in [6.07, 6.45) is -8.10. The van der Waals surface area contributed by atoms with Gasteiger partial charge in [-0.2, -0.15) is 0 Å². The Labute approximate surface area is 605 Å². The fourth-order valence-electron chi connectivity index (χ4n) is 12.2. The molecule has 5 rings (SSSR count). The molecule has 5 heterocycles. The Hall–Kier alpha value is -3.33. The van der Waals surface area contributed by atoms with Crippen molar-refractivity contribution >= 4 is 68.5 Å². The normalized spacial score (nSPS) is 33.5. The van der Waals surface area contributed by atoms with Gasteiger partial charge in [0.05, 0.1) is 76.8 Å². The maximum absolute atomic E-state index is 11.5. The van der Waals surface area contributed by atoms with E-state index in [-0.39, 0.29) is 112 Å². The van der Waals surface area contributed by atoms with Crippen molar-refractivity contribution in [2.75, 3.05) is 188 Å². The number of hydrogen-bond donors (Lipinski definition) is 2. The number of carboxylic acid groups (broad SMARTS) is 1. The van der Waals surface area contributed by atoms with Crippen molar-refractivity contribution in [2.45, 2.75) is 172 Å². The van der Waals surface area contributed by atoms with Gasteiger partial charge in [-0.3, -0.25) is 24.0 Å². The highest BCUT2D eigenvalue weighted by atomic mass is 35.5. The number of isocyanates is 1. The molecule has 5 aliphatic rings. The van der Waals surface area contributed by atoms with E-state index >= 15 is 0 Å². The number of aliphatic imine (C=N–C) groups is 1. The quantitative estimate of drug-likeness (QED) is 0.0169. The number of amides is 1. The third-order valence-electron chi connectivity index (χ3n) is 16.4. The van der Waals surface area contributed by atoms with E-state index < -0.39 is 101 Å². The van der Waals surface area contributed by atoms with E-state index in [9.17, 15) is 28.8 Å². The minimum Gasteiger partial charge on any atom is -0.481 e. The highest BCUT2D eigenvalue weighted by Gasteiger charge is 2.52. The summed E-state index contributed by atoms with van der Waals surface area (Å²) in [6.45, 7) is 2.24. The molecular formula is C61H108Cl3N5O32. The molecule has 37 nitrogen and oxygen atoms in total. The van der Waals surface area contributed by atoms with Crippen LogP contribution in [0.3, 0.4) is 0 Å². The third-order valence-corrected chi connectivity index (χ3v) is 17.0. The maximum Gasteiger partial charge on any atom is 0.306 e. The number of nitrogens with zero attached hydrogens (tertiary/aromatic N) is 4. The van der Waals surface area contributed by atoms with E-state index in [0.717, 1.165) is 0 Å². The van der Waals surface area contributed by atoms with Gasteiger partial charge in [0.15, 0.2) is 0 Å². The van der Waals surface area contributed by atoms with Crippen molar-refractivity contribution in [1.82, 2.24) is 0 Å². The maximum atomic E-state index is 11.5. The Morgan fingerprint density at radius 3 is 0.822 bits per heavy atom. The molecule has 0 aromatic heterocycles. The molecule has 101 heavy (non-hydrogen) atoms. The number of carbonyl (C=O) groups excluding carboxylic acids is 5. The standard InChI is InChI=1S/C12H21ClO6.C12H21N3O6.C12H21NO6.C12H22O7.C11H23NO5.C2Cl2O2/c1-15-6-8-11(17-3)12(18-4)10(16-2)7(19-8)5-9(13)14;1-17-6-8-11(19-3)12(20-4)10(18-2)7(21-8)5-9(16)14-15-13;1-15-6-9-11(17-3)12(18-4)10(16-2)8(19-9)5-13-7-14;1-15-6-8-11(17-3)12(18-4)10(16-2)7(19-8)5-9(13)14;1-13-6-8-10(15-3)11(16-4)9(14-2)7(5-12)17-8;3-1(5)2(4)6/h7-8,10-12H,5-6H2,1-4H3;7-8,10-12H,5-6H2,1-4H3;8-12H,5-6H2,1-4H3;7-8,10-12H,5-6H2,1-4H3,(H,13,14);7-11H,5-6,12H2,1-4H3;. The zero-order valence-electron chi connectivity index (χ0n) is 61.1. The number of hydrogen-bond acceptors (Lipinski definition) is 33. The first kappa shape index (κ1) is 97.7. The predicted octanol–water partition coefficient (Wildman–Crippen LogP) is 0.895. The fourth-order valence-corrected chi connectivity index (χ4v) is 12.3. The van der Waals surface area contributed by atoms with Crippen molar-refractivity contribution < 1.29 is 152 Å². The second kappa shape index (κ2) is 56.0. The van der Waals surface area contributed by atoms with Crippen LogP contribution >= 0.6 is 34.8 Å². The molecule has 3 N–H and O–H groups in total. The summed E-state index contributed by atoms with van der Waals surface area (Å²) >= 11 is 14.4. The molecule has 40 heteroatoms. The zero-order chi connectivity index (χ0) is 76.9. The van der Waals surface area contributed by atoms with Crippen LogP contribution in [0.2, 0.25) is 0 Å². The van der Waals surface area contributed by atoms with Gasteiger partial charge < -0.3 is 129 Å². The van der Waals surface area contributed by atoms with Gasteiger partial charge in [0.1, 0.15) is 128 Å². The van der Waals surface area contributed by atoms with Crippen LogP contribution in [0.1, 0.15) is 19.3 Å². The number of nitrogens with two attached hydrogens (primary N) is 1. The molecular weight excluding hydrogens is 1420 g/mol. The fraction of sp³-hybridized carbons (Fsp3) is 0.902. The summed E-state index contributed by atoms with van der Waals surface area (Å²) in [5.41, 5.74) is 14.0. The van der Waals surface area contributed by atoms with E-state index in [1.807, 2.05) is 0 Å². The molecule has 5 saturated heterocycles. The van der Waals surface area contributed by atoms with E-state index in [2.05, 4.69) is 38.2 Å². The topological polar surface area (TPSA) is 441 Å². The highest BCUT2D eigenvalue weighted by Crippen LogP contribution is 2.34. The van der Waals surface area contributed by atoms with Crippen LogP contribution in [0, 0.1) is 0 Å². The lowest BCUT2D eigenvalue weighted by Gasteiger charge is -2.44. The number of ether oxygens (including phenoxy) is 25. The molecule has 0 bridgehead atoms. The zero-order valence-corrected chi connectivity index (χ0v) is 63.4. The molecule has 590 valence electrons. The van der Waals surface area contributed by atoms with Gasteiger partial charge in [0.25, 0.3) is 0 Å². The molecule has 25 unspecified atom stereocenters. The summed E-state index contributed by atoms with van der Waals surface area (Å²) in [7, 11) is 31.3. The van der Waals surface area contributed by atoms with Crippen molar-refractivity contribution in [1.29, 1.82) is 0 Å². The van der Waals surface area contributed by atoms with Crippen LogP contribution in [0.25, 0.3) is 10.4 Å². The van der Waals surface area contributed by atoms with E-state index in [4.69, 9.17) is 146 Å². The second-order valence-corrected chi connectivity index (χ2v) is 23.1. The lowest BCUT2D eigenvalue weighted by atomic mass is 9.92. The first-order valence-electron chi connectivity index (χ1n) is 31.1. The van der Waals surface area contributed by atoms with Crippen LogP contribution in [0.5, 0.6) is 0 Å². The van der Waals surface area contributed by atoms with Gasteiger partial charge in [0, 0.05) is 160 Å².